The predicted molar refractivity (Wildman–Crippen MR) is 103 cm³/mol. The van der Waals surface area contributed by atoms with Crippen molar-refractivity contribution in [3.63, 3.8) is 0 Å². The summed E-state index contributed by atoms with van der Waals surface area (Å²) in [5.41, 5.74) is -0.864. The molecule has 0 unspecified atom stereocenters. The third kappa shape index (κ3) is 4.90. The lowest BCUT2D eigenvalue weighted by Gasteiger charge is -2.31. The summed E-state index contributed by atoms with van der Waals surface area (Å²) < 4.78 is 66.4. The van der Waals surface area contributed by atoms with Gasteiger partial charge in [0.2, 0.25) is 0 Å². The number of sulfonamides is 1. The maximum Gasteiger partial charge on any atom is 0.416 e. The van der Waals surface area contributed by atoms with Gasteiger partial charge in [-0.1, -0.05) is 25.1 Å². The molecule has 5 nitrogen and oxygen atoms in total. The van der Waals surface area contributed by atoms with E-state index in [1.807, 2.05) is 6.92 Å². The van der Waals surface area contributed by atoms with Crippen LogP contribution in [0.1, 0.15) is 35.7 Å². The zero-order chi connectivity index (χ0) is 21.2. The van der Waals surface area contributed by atoms with E-state index in [1.165, 1.54) is 12.1 Å². The van der Waals surface area contributed by atoms with Gasteiger partial charge in [0, 0.05) is 13.1 Å². The quantitative estimate of drug-likeness (QED) is 0.789. The van der Waals surface area contributed by atoms with Gasteiger partial charge in [-0.3, -0.25) is 9.52 Å². The van der Waals surface area contributed by atoms with Crippen LogP contribution in [-0.2, 0) is 16.2 Å². The van der Waals surface area contributed by atoms with Crippen molar-refractivity contribution in [3.8, 4) is 0 Å². The maximum atomic E-state index is 12.9. The van der Waals surface area contributed by atoms with E-state index in [2.05, 4.69) is 4.72 Å². The first kappa shape index (κ1) is 21.2. The van der Waals surface area contributed by atoms with Gasteiger partial charge < -0.3 is 4.90 Å². The average molecular weight is 426 g/mol. The topological polar surface area (TPSA) is 66.5 Å². The van der Waals surface area contributed by atoms with Gasteiger partial charge in [0.1, 0.15) is 0 Å². The van der Waals surface area contributed by atoms with Gasteiger partial charge in [0.25, 0.3) is 15.9 Å². The summed E-state index contributed by atoms with van der Waals surface area (Å²) in [6.07, 6.45) is -2.77. The fourth-order valence-electron chi connectivity index (χ4n) is 3.35. The van der Waals surface area contributed by atoms with Crippen molar-refractivity contribution < 1.29 is 26.4 Å². The fourth-order valence-corrected chi connectivity index (χ4v) is 4.47. The first-order chi connectivity index (χ1) is 13.6. The van der Waals surface area contributed by atoms with Crippen molar-refractivity contribution in [3.05, 3.63) is 59.7 Å². The molecule has 2 aromatic carbocycles. The van der Waals surface area contributed by atoms with Gasteiger partial charge in [-0.25, -0.2) is 8.42 Å². The number of nitrogens with zero attached hydrogens (tertiary/aromatic N) is 1. The lowest BCUT2D eigenvalue weighted by molar-refractivity contribution is -0.137. The SMILES string of the molecule is C[C@@H]1CCCN(C(=O)c2ccccc2NS(=O)(=O)c2cccc(C(F)(F)F)c2)C1. The van der Waals surface area contributed by atoms with Crippen molar-refractivity contribution in [2.75, 3.05) is 17.8 Å². The number of carbonyl (C=O) groups excluding carboxylic acids is 1. The molecule has 1 saturated heterocycles. The molecule has 0 aliphatic carbocycles. The smallest absolute Gasteiger partial charge is 0.338 e. The van der Waals surface area contributed by atoms with E-state index >= 15 is 0 Å². The van der Waals surface area contributed by atoms with Crippen LogP contribution in [-0.4, -0.2) is 32.3 Å². The molecule has 1 N–H and O–H groups in total. The second kappa shape index (κ2) is 8.06. The summed E-state index contributed by atoms with van der Waals surface area (Å²) in [5.74, 6) is 0.0422. The largest absolute Gasteiger partial charge is 0.416 e. The Bertz CT molecular complexity index is 1010. The van der Waals surface area contributed by atoms with E-state index in [-0.39, 0.29) is 17.2 Å². The van der Waals surface area contributed by atoms with Crippen LogP contribution in [0.5, 0.6) is 0 Å². The number of benzene rings is 2. The van der Waals surface area contributed by atoms with Crippen LogP contribution in [0.25, 0.3) is 0 Å². The summed E-state index contributed by atoms with van der Waals surface area (Å²) in [6, 6.07) is 9.57. The number of hydrogen-bond acceptors (Lipinski definition) is 3. The van der Waals surface area contributed by atoms with Gasteiger partial charge in [0.15, 0.2) is 0 Å². The molecule has 0 saturated carbocycles. The molecule has 0 radical (unpaired) electrons. The Morgan fingerprint density at radius 1 is 1.14 bits per heavy atom. The number of halogens is 3. The number of rotatable bonds is 4. The van der Waals surface area contributed by atoms with Crippen molar-refractivity contribution in [1.82, 2.24) is 4.90 Å². The Kier molecular flexibility index (Phi) is 5.88. The summed E-state index contributed by atoms with van der Waals surface area (Å²) in [5, 5.41) is 0. The van der Waals surface area contributed by atoms with Crippen LogP contribution in [0.4, 0.5) is 18.9 Å². The summed E-state index contributed by atoms with van der Waals surface area (Å²) >= 11 is 0. The molecule has 1 aliphatic rings. The maximum absolute atomic E-state index is 12.9. The average Bonchev–Trinajstić information content (AvgIpc) is 2.67. The van der Waals surface area contributed by atoms with E-state index in [0.717, 1.165) is 31.0 Å². The number of nitrogens with one attached hydrogen (secondary N) is 1. The van der Waals surface area contributed by atoms with Crippen LogP contribution >= 0.6 is 0 Å². The first-order valence-corrected chi connectivity index (χ1v) is 10.6. The molecule has 29 heavy (non-hydrogen) atoms. The van der Waals surface area contributed by atoms with E-state index in [1.54, 1.807) is 17.0 Å². The molecule has 1 fully saturated rings. The van der Waals surface area contributed by atoms with Crippen molar-refractivity contribution in [1.29, 1.82) is 0 Å². The van der Waals surface area contributed by atoms with E-state index in [9.17, 15) is 26.4 Å². The Morgan fingerprint density at radius 3 is 2.55 bits per heavy atom. The van der Waals surface area contributed by atoms with Gasteiger partial charge >= 0.3 is 6.18 Å². The highest BCUT2D eigenvalue weighted by atomic mass is 32.2. The lowest BCUT2D eigenvalue weighted by atomic mass is 9.99. The fraction of sp³-hybridized carbons (Fsp3) is 0.350. The third-order valence-corrected chi connectivity index (χ3v) is 6.18. The van der Waals surface area contributed by atoms with Crippen LogP contribution < -0.4 is 4.72 Å². The number of hydrogen-bond donors (Lipinski definition) is 1. The van der Waals surface area contributed by atoms with E-state index in [4.69, 9.17) is 0 Å². The number of carbonyl (C=O) groups is 1. The number of likely N-dealkylation sites (tertiary alicyclic amines) is 1. The summed E-state index contributed by atoms with van der Waals surface area (Å²) in [4.78, 5) is 14.1. The number of alkyl halides is 3. The van der Waals surface area contributed by atoms with Crippen LogP contribution in [0.3, 0.4) is 0 Å². The Labute approximate surface area is 167 Å². The van der Waals surface area contributed by atoms with Crippen molar-refractivity contribution in [2.24, 2.45) is 5.92 Å². The zero-order valence-electron chi connectivity index (χ0n) is 15.7. The molecule has 1 atom stereocenters. The van der Waals surface area contributed by atoms with Crippen LogP contribution in [0, 0.1) is 5.92 Å². The molecular formula is C20H21F3N2O3S. The van der Waals surface area contributed by atoms with Crippen molar-refractivity contribution >= 4 is 21.6 Å². The van der Waals surface area contributed by atoms with Crippen LogP contribution in [0.15, 0.2) is 53.4 Å². The molecule has 3 rings (SSSR count). The van der Waals surface area contributed by atoms with E-state index in [0.29, 0.717) is 25.1 Å². The second-order valence-corrected chi connectivity index (χ2v) is 8.86. The van der Waals surface area contributed by atoms with Crippen molar-refractivity contribution in [2.45, 2.75) is 30.8 Å². The van der Waals surface area contributed by atoms with Gasteiger partial charge in [0.05, 0.1) is 21.7 Å². The predicted octanol–water partition coefficient (Wildman–Crippen LogP) is 4.38. The molecule has 1 heterocycles. The monoisotopic (exact) mass is 426 g/mol. The van der Waals surface area contributed by atoms with Gasteiger partial charge in [-0.15, -0.1) is 0 Å². The minimum atomic E-state index is -4.66. The zero-order valence-corrected chi connectivity index (χ0v) is 16.6. The molecule has 1 amide bonds. The molecular weight excluding hydrogens is 405 g/mol. The normalized spacial score (nSPS) is 17.8. The molecule has 1 aliphatic heterocycles. The molecule has 156 valence electrons. The first-order valence-electron chi connectivity index (χ1n) is 9.16. The number of anilines is 1. The summed E-state index contributed by atoms with van der Waals surface area (Å²) in [7, 11) is -4.31. The summed E-state index contributed by atoms with van der Waals surface area (Å²) in [6.45, 7) is 3.20. The van der Waals surface area contributed by atoms with Gasteiger partial charge in [-0.2, -0.15) is 13.2 Å². The minimum absolute atomic E-state index is 0.0353. The van der Waals surface area contributed by atoms with E-state index < -0.39 is 26.7 Å². The number of para-hydroxylation sites is 1. The standard InChI is InChI=1S/C20H21F3N2O3S/c1-14-6-5-11-25(13-14)19(26)17-9-2-3-10-18(17)24-29(27,28)16-8-4-7-15(12-16)20(21,22)23/h2-4,7-10,12,14,24H,5-6,11,13H2,1H3/t14-/m1/s1. The second-order valence-electron chi connectivity index (χ2n) is 7.18. The Morgan fingerprint density at radius 2 is 1.86 bits per heavy atom. The number of amides is 1. The van der Waals surface area contributed by atoms with Gasteiger partial charge in [-0.05, 0) is 49.1 Å². The molecule has 0 spiro atoms. The molecule has 2 aromatic rings. The molecule has 9 heteroatoms. The molecule has 0 aromatic heterocycles. The highest BCUT2D eigenvalue weighted by Gasteiger charge is 2.32. The molecule has 0 bridgehead atoms. The highest BCUT2D eigenvalue weighted by molar-refractivity contribution is 7.92. The number of piperidine rings is 1. The third-order valence-electron chi connectivity index (χ3n) is 4.82. The lowest BCUT2D eigenvalue weighted by Crippen LogP contribution is -2.39. The highest BCUT2D eigenvalue weighted by Crippen LogP contribution is 2.31. The Hall–Kier alpha value is -2.55. The van der Waals surface area contributed by atoms with Crippen LogP contribution in [0.2, 0.25) is 0 Å². The minimum Gasteiger partial charge on any atom is -0.338 e. The Balaban J connectivity index is 1.90.